The molecular weight excluding hydrogens is 368 g/mol. The number of hydrogen-bond acceptors (Lipinski definition) is 3. The van der Waals surface area contributed by atoms with Crippen LogP contribution in [0.3, 0.4) is 0 Å². The van der Waals surface area contributed by atoms with E-state index in [4.69, 9.17) is 0 Å². The third-order valence-corrected chi connectivity index (χ3v) is 6.86. The fourth-order valence-electron chi connectivity index (χ4n) is 5.16. The Morgan fingerprint density at radius 1 is 1.12 bits per heavy atom. The van der Waals surface area contributed by atoms with Gasteiger partial charge < -0.3 is 5.32 Å². The van der Waals surface area contributed by atoms with Crippen molar-refractivity contribution < 1.29 is 9.59 Å². The Morgan fingerprint density at radius 3 is 2.33 bits per heavy atom. The zero-order valence-electron chi connectivity index (χ0n) is 13.4. The number of amides is 2. The first-order valence-electron chi connectivity index (χ1n) is 8.60. The lowest BCUT2D eigenvalue weighted by Gasteiger charge is -2.37. The highest BCUT2D eigenvalue weighted by Gasteiger charge is 2.66. The Bertz CT molecular complexity index is 754. The van der Waals surface area contributed by atoms with Gasteiger partial charge in [0.25, 0.3) is 0 Å². The lowest BCUT2D eigenvalue weighted by Crippen LogP contribution is -2.40. The predicted octanol–water partition coefficient (Wildman–Crippen LogP) is 3.18. The van der Waals surface area contributed by atoms with Crippen LogP contribution in [-0.2, 0) is 9.59 Å². The molecule has 2 bridgehead atoms. The Labute approximate surface area is 149 Å². The molecule has 124 valence electrons. The van der Waals surface area contributed by atoms with Crippen LogP contribution in [0.25, 0.3) is 0 Å². The van der Waals surface area contributed by atoms with E-state index in [2.05, 4.69) is 33.4 Å². The zero-order valence-corrected chi connectivity index (χ0v) is 15.0. The number of aryl methyl sites for hydroxylation is 1. The first-order chi connectivity index (χ1) is 11.6. The lowest BCUT2D eigenvalue weighted by molar-refractivity contribution is -0.139. The summed E-state index contributed by atoms with van der Waals surface area (Å²) >= 11 is 3.45. The number of likely N-dealkylation sites (tertiary alicyclic amines) is 1. The molecule has 24 heavy (non-hydrogen) atoms. The van der Waals surface area contributed by atoms with Gasteiger partial charge in [-0.1, -0.05) is 28.1 Å². The lowest BCUT2D eigenvalue weighted by atomic mass is 9.63. The van der Waals surface area contributed by atoms with Gasteiger partial charge in [0.1, 0.15) is 0 Å². The zero-order chi connectivity index (χ0) is 16.6. The normalized spacial score (nSPS) is 38.3. The number of nitrogens with one attached hydrogen (secondary N) is 1. The molecule has 2 saturated carbocycles. The van der Waals surface area contributed by atoms with E-state index in [0.29, 0.717) is 23.7 Å². The monoisotopic (exact) mass is 386 g/mol. The fraction of sp³-hybridized carbons (Fsp3) is 0.474. The molecule has 1 aliphatic heterocycles. The summed E-state index contributed by atoms with van der Waals surface area (Å²) in [4.78, 5) is 27.2. The van der Waals surface area contributed by atoms with Gasteiger partial charge in [-0.3, -0.25) is 14.5 Å². The fourth-order valence-corrected chi connectivity index (χ4v) is 5.64. The van der Waals surface area contributed by atoms with Gasteiger partial charge in [-0.05, 0) is 60.8 Å². The third kappa shape index (κ3) is 1.91. The molecule has 6 atom stereocenters. The number of rotatable bonds is 3. The molecule has 5 aliphatic rings. The molecule has 6 rings (SSSR count). The average Bonchev–Trinajstić information content (AvgIpc) is 3.33. The van der Waals surface area contributed by atoms with Crippen LogP contribution in [0.15, 0.2) is 34.8 Å². The molecule has 4 aliphatic carbocycles. The molecule has 0 aromatic heterocycles. The number of hydrogen-bond donors (Lipinski definition) is 1. The number of carbonyl (C=O) groups excluding carboxylic acids is 2. The van der Waals surface area contributed by atoms with Gasteiger partial charge in [0.15, 0.2) is 0 Å². The maximum Gasteiger partial charge on any atom is 0.235 e. The second kappa shape index (κ2) is 4.94. The van der Waals surface area contributed by atoms with Crippen LogP contribution in [0.5, 0.6) is 0 Å². The van der Waals surface area contributed by atoms with Gasteiger partial charge in [0.2, 0.25) is 11.8 Å². The van der Waals surface area contributed by atoms with Gasteiger partial charge >= 0.3 is 0 Å². The van der Waals surface area contributed by atoms with E-state index in [1.807, 2.05) is 25.1 Å². The van der Waals surface area contributed by atoms with Crippen LogP contribution < -0.4 is 5.32 Å². The minimum atomic E-state index is -0.107. The number of nitrogens with zero attached hydrogens (tertiary/aromatic N) is 1. The van der Waals surface area contributed by atoms with Crippen molar-refractivity contribution in [3.05, 3.63) is 40.4 Å². The predicted molar refractivity (Wildman–Crippen MR) is 93.9 cm³/mol. The molecule has 4 nitrogen and oxygen atoms in total. The van der Waals surface area contributed by atoms with E-state index in [1.165, 1.54) is 11.3 Å². The number of carbonyl (C=O) groups is 2. The Hall–Kier alpha value is -1.62. The highest BCUT2D eigenvalue weighted by atomic mass is 79.9. The van der Waals surface area contributed by atoms with E-state index in [0.717, 1.165) is 15.7 Å². The first kappa shape index (κ1) is 14.7. The van der Waals surface area contributed by atoms with E-state index in [-0.39, 0.29) is 30.3 Å². The number of benzene rings is 1. The van der Waals surface area contributed by atoms with Crippen molar-refractivity contribution >= 4 is 33.4 Å². The summed E-state index contributed by atoms with van der Waals surface area (Å²) in [5.41, 5.74) is 2.04. The van der Waals surface area contributed by atoms with Crippen LogP contribution in [0.2, 0.25) is 0 Å². The Balaban J connectivity index is 1.37. The maximum atomic E-state index is 12.9. The molecule has 1 aromatic rings. The van der Waals surface area contributed by atoms with Crippen LogP contribution >= 0.6 is 15.9 Å². The van der Waals surface area contributed by atoms with Gasteiger partial charge in [0.05, 0.1) is 18.5 Å². The summed E-state index contributed by atoms with van der Waals surface area (Å²) in [7, 11) is 0. The average molecular weight is 387 g/mol. The van der Waals surface area contributed by atoms with Gasteiger partial charge in [0, 0.05) is 10.2 Å². The molecule has 1 aromatic carbocycles. The van der Waals surface area contributed by atoms with E-state index in [9.17, 15) is 9.59 Å². The van der Waals surface area contributed by atoms with Gasteiger partial charge in [-0.15, -0.1) is 0 Å². The quantitative estimate of drug-likeness (QED) is 0.640. The number of halogens is 1. The number of imide groups is 1. The van der Waals surface area contributed by atoms with Gasteiger partial charge in [-0.2, -0.15) is 0 Å². The molecular formula is C19H19BrN2O2. The van der Waals surface area contributed by atoms with Crippen molar-refractivity contribution in [3.63, 3.8) is 0 Å². The molecule has 1 heterocycles. The molecule has 3 fully saturated rings. The molecule has 0 spiro atoms. The van der Waals surface area contributed by atoms with Crippen molar-refractivity contribution in [1.29, 1.82) is 0 Å². The number of allylic oxidation sites excluding steroid dienone is 2. The standard InChI is InChI=1S/C19H19BrN2O2/c1-9-6-10(20)2-5-15(9)21-8-22-18(23)16-11-3-4-12(14-7-13(11)14)17(16)19(22)24/h2-6,11-14,16-17,21H,7-8H2,1H3. The van der Waals surface area contributed by atoms with E-state index in [1.54, 1.807) is 0 Å². The van der Waals surface area contributed by atoms with Crippen molar-refractivity contribution in [2.24, 2.45) is 35.5 Å². The summed E-state index contributed by atoms with van der Waals surface area (Å²) in [5, 5.41) is 3.27. The summed E-state index contributed by atoms with van der Waals surface area (Å²) in [6.45, 7) is 2.28. The topological polar surface area (TPSA) is 49.4 Å². The maximum absolute atomic E-state index is 12.9. The molecule has 1 saturated heterocycles. The summed E-state index contributed by atoms with van der Waals surface area (Å²) in [6, 6.07) is 5.95. The SMILES string of the molecule is Cc1cc(Br)ccc1NCN1C(=O)C2C3C=CC(C4CC34)C2C1=O. The summed E-state index contributed by atoms with van der Waals surface area (Å²) in [6.07, 6.45) is 5.62. The summed E-state index contributed by atoms with van der Waals surface area (Å²) in [5.74, 6) is 1.73. The largest absolute Gasteiger partial charge is 0.367 e. The van der Waals surface area contributed by atoms with Crippen molar-refractivity contribution in [2.75, 3.05) is 12.0 Å². The highest BCUT2D eigenvalue weighted by Crippen LogP contribution is 2.65. The molecule has 1 N–H and O–H groups in total. The van der Waals surface area contributed by atoms with E-state index < -0.39 is 0 Å². The molecule has 5 heteroatoms. The van der Waals surface area contributed by atoms with Crippen LogP contribution in [0, 0.1) is 42.4 Å². The second-order valence-electron chi connectivity index (χ2n) is 7.55. The smallest absolute Gasteiger partial charge is 0.235 e. The van der Waals surface area contributed by atoms with Crippen molar-refractivity contribution in [3.8, 4) is 0 Å². The first-order valence-corrected chi connectivity index (χ1v) is 9.39. The van der Waals surface area contributed by atoms with Crippen molar-refractivity contribution in [1.82, 2.24) is 4.90 Å². The Kier molecular flexibility index (Phi) is 3.03. The molecule has 0 radical (unpaired) electrons. The highest BCUT2D eigenvalue weighted by molar-refractivity contribution is 9.10. The molecule has 6 unspecified atom stereocenters. The number of anilines is 1. The van der Waals surface area contributed by atoms with Crippen LogP contribution in [0.4, 0.5) is 5.69 Å². The second-order valence-corrected chi connectivity index (χ2v) is 8.47. The van der Waals surface area contributed by atoms with Crippen LogP contribution in [-0.4, -0.2) is 23.4 Å². The van der Waals surface area contributed by atoms with Crippen LogP contribution in [0.1, 0.15) is 12.0 Å². The van der Waals surface area contributed by atoms with Gasteiger partial charge in [-0.25, -0.2) is 0 Å². The van der Waals surface area contributed by atoms with Crippen molar-refractivity contribution in [2.45, 2.75) is 13.3 Å². The third-order valence-electron chi connectivity index (χ3n) is 6.37. The minimum absolute atomic E-state index is 0.0250. The minimum Gasteiger partial charge on any atom is -0.367 e. The summed E-state index contributed by atoms with van der Waals surface area (Å²) < 4.78 is 1.02. The molecule has 2 amide bonds. The Morgan fingerprint density at radius 2 is 1.75 bits per heavy atom. The van der Waals surface area contributed by atoms with E-state index >= 15 is 0 Å².